The van der Waals surface area contributed by atoms with Crippen molar-refractivity contribution in [2.24, 2.45) is 4.99 Å². The molecule has 0 aliphatic carbocycles. The number of aliphatic imine (C=N–C) groups is 1. The summed E-state index contributed by atoms with van der Waals surface area (Å²) in [4.78, 5) is 7.99. The average molecular weight is 274 g/mol. The van der Waals surface area contributed by atoms with E-state index < -0.39 is 12.6 Å². The van der Waals surface area contributed by atoms with Crippen LogP contribution < -0.4 is 10.6 Å². The molecule has 2 N–H and O–H groups in total. The van der Waals surface area contributed by atoms with E-state index in [1.165, 1.54) is 7.05 Å². The van der Waals surface area contributed by atoms with E-state index in [1.54, 1.807) is 6.20 Å². The van der Waals surface area contributed by atoms with Gasteiger partial charge in [-0.15, -0.1) is 0 Å². The van der Waals surface area contributed by atoms with Crippen LogP contribution in [0, 0.1) is 0 Å². The van der Waals surface area contributed by atoms with Gasteiger partial charge in [0.15, 0.2) is 5.96 Å². The molecule has 106 valence electrons. The molecule has 1 aromatic heterocycles. The summed E-state index contributed by atoms with van der Waals surface area (Å²) < 4.78 is 35.9. The largest absolute Gasteiger partial charge is 0.390 e. The van der Waals surface area contributed by atoms with E-state index in [4.69, 9.17) is 0 Å². The van der Waals surface area contributed by atoms with Gasteiger partial charge in [-0.05, 0) is 12.1 Å². The Labute approximate surface area is 110 Å². The zero-order valence-corrected chi connectivity index (χ0v) is 10.7. The molecule has 0 aromatic carbocycles. The molecule has 0 amide bonds. The van der Waals surface area contributed by atoms with Crippen molar-refractivity contribution in [2.75, 3.05) is 20.1 Å². The first kappa shape index (κ1) is 15.3. The van der Waals surface area contributed by atoms with Gasteiger partial charge >= 0.3 is 6.18 Å². The van der Waals surface area contributed by atoms with E-state index in [2.05, 4.69) is 20.6 Å². The molecular weight excluding hydrogens is 257 g/mol. The second kappa shape index (κ2) is 7.60. The number of guanidine groups is 1. The maximum atomic E-state index is 12.0. The molecule has 0 aliphatic heterocycles. The molecule has 1 heterocycles. The number of halogens is 3. The van der Waals surface area contributed by atoms with Gasteiger partial charge in [0.1, 0.15) is 0 Å². The molecule has 0 unspecified atom stereocenters. The lowest BCUT2D eigenvalue weighted by molar-refractivity contribution is -0.132. The van der Waals surface area contributed by atoms with Gasteiger partial charge in [-0.1, -0.05) is 6.07 Å². The average Bonchev–Trinajstić information content (AvgIpc) is 2.37. The quantitative estimate of drug-likeness (QED) is 0.635. The van der Waals surface area contributed by atoms with Crippen molar-refractivity contribution in [3.8, 4) is 0 Å². The van der Waals surface area contributed by atoms with Crippen LogP contribution in [0.25, 0.3) is 0 Å². The standard InChI is InChI=1S/C12H17F3N4/c1-16-11(19-9-6-12(13,14)15)18-8-5-10-4-2-3-7-17-10/h2-4,7H,5-6,8-9H2,1H3,(H2,16,18,19). The number of pyridine rings is 1. The van der Waals surface area contributed by atoms with E-state index in [9.17, 15) is 13.2 Å². The molecule has 0 atom stereocenters. The lowest BCUT2D eigenvalue weighted by Gasteiger charge is -2.12. The Morgan fingerprint density at radius 2 is 2.00 bits per heavy atom. The van der Waals surface area contributed by atoms with Crippen LogP contribution in [0.1, 0.15) is 12.1 Å². The SMILES string of the molecule is CN=C(NCCc1ccccn1)NCCC(F)(F)F. The first-order valence-corrected chi connectivity index (χ1v) is 5.92. The summed E-state index contributed by atoms with van der Waals surface area (Å²) >= 11 is 0. The first-order chi connectivity index (χ1) is 9.01. The van der Waals surface area contributed by atoms with Crippen LogP contribution in [-0.4, -0.2) is 37.3 Å². The zero-order chi connectivity index (χ0) is 14.1. The number of hydrogen-bond donors (Lipinski definition) is 2. The molecule has 0 saturated heterocycles. The number of nitrogens with zero attached hydrogens (tertiary/aromatic N) is 2. The monoisotopic (exact) mass is 274 g/mol. The van der Waals surface area contributed by atoms with Crippen LogP contribution in [0.3, 0.4) is 0 Å². The molecule has 0 saturated carbocycles. The fraction of sp³-hybridized carbons (Fsp3) is 0.500. The van der Waals surface area contributed by atoms with Crippen LogP contribution in [0.15, 0.2) is 29.4 Å². The highest BCUT2D eigenvalue weighted by Gasteiger charge is 2.26. The molecule has 1 rings (SSSR count). The second-order valence-electron chi connectivity index (χ2n) is 3.86. The normalized spacial score (nSPS) is 12.3. The van der Waals surface area contributed by atoms with E-state index in [0.717, 1.165) is 5.69 Å². The summed E-state index contributed by atoms with van der Waals surface area (Å²) in [7, 11) is 1.52. The van der Waals surface area contributed by atoms with Gasteiger partial charge in [0, 0.05) is 38.4 Å². The van der Waals surface area contributed by atoms with Gasteiger partial charge in [-0.25, -0.2) is 0 Å². The van der Waals surface area contributed by atoms with Crippen LogP contribution in [0.5, 0.6) is 0 Å². The summed E-state index contributed by atoms with van der Waals surface area (Å²) in [6.45, 7) is 0.371. The van der Waals surface area contributed by atoms with E-state index in [1.807, 2.05) is 18.2 Å². The van der Waals surface area contributed by atoms with Crippen molar-refractivity contribution < 1.29 is 13.2 Å². The molecule has 0 spiro atoms. The minimum Gasteiger partial charge on any atom is -0.356 e. The molecule has 19 heavy (non-hydrogen) atoms. The lowest BCUT2D eigenvalue weighted by Crippen LogP contribution is -2.39. The second-order valence-corrected chi connectivity index (χ2v) is 3.86. The first-order valence-electron chi connectivity index (χ1n) is 5.92. The molecule has 0 bridgehead atoms. The van der Waals surface area contributed by atoms with Crippen molar-refractivity contribution >= 4 is 5.96 Å². The minimum absolute atomic E-state index is 0.188. The van der Waals surface area contributed by atoms with Crippen LogP contribution in [-0.2, 0) is 6.42 Å². The zero-order valence-electron chi connectivity index (χ0n) is 10.7. The van der Waals surface area contributed by atoms with Crippen molar-refractivity contribution in [3.63, 3.8) is 0 Å². The predicted molar refractivity (Wildman–Crippen MR) is 68.0 cm³/mol. The number of alkyl halides is 3. The Morgan fingerprint density at radius 1 is 1.26 bits per heavy atom. The smallest absolute Gasteiger partial charge is 0.356 e. The third-order valence-corrected chi connectivity index (χ3v) is 2.32. The van der Waals surface area contributed by atoms with Gasteiger partial charge in [0.2, 0.25) is 0 Å². The topological polar surface area (TPSA) is 49.3 Å². The molecule has 0 fully saturated rings. The molecule has 4 nitrogen and oxygen atoms in total. The summed E-state index contributed by atoms with van der Waals surface area (Å²) in [5, 5.41) is 5.55. The Hall–Kier alpha value is -1.79. The molecule has 7 heteroatoms. The molecule has 0 radical (unpaired) electrons. The fourth-order valence-corrected chi connectivity index (χ4v) is 1.40. The summed E-state index contributed by atoms with van der Waals surface area (Å²) in [6.07, 6.45) is -2.65. The highest BCUT2D eigenvalue weighted by atomic mass is 19.4. The number of nitrogens with one attached hydrogen (secondary N) is 2. The van der Waals surface area contributed by atoms with E-state index in [-0.39, 0.29) is 6.54 Å². The number of aromatic nitrogens is 1. The lowest BCUT2D eigenvalue weighted by atomic mass is 10.3. The molecular formula is C12H17F3N4. The Bertz CT molecular complexity index is 390. The highest BCUT2D eigenvalue weighted by molar-refractivity contribution is 5.79. The van der Waals surface area contributed by atoms with Gasteiger partial charge in [-0.2, -0.15) is 13.2 Å². The van der Waals surface area contributed by atoms with Crippen molar-refractivity contribution in [2.45, 2.75) is 19.0 Å². The summed E-state index contributed by atoms with van der Waals surface area (Å²) in [5.74, 6) is 0.361. The van der Waals surface area contributed by atoms with Crippen LogP contribution in [0.4, 0.5) is 13.2 Å². The highest BCUT2D eigenvalue weighted by Crippen LogP contribution is 2.17. The van der Waals surface area contributed by atoms with Crippen LogP contribution >= 0.6 is 0 Å². The maximum absolute atomic E-state index is 12.0. The minimum atomic E-state index is -4.15. The Morgan fingerprint density at radius 3 is 2.58 bits per heavy atom. The number of hydrogen-bond acceptors (Lipinski definition) is 2. The van der Waals surface area contributed by atoms with Crippen LogP contribution in [0.2, 0.25) is 0 Å². The Kier molecular flexibility index (Phi) is 6.11. The van der Waals surface area contributed by atoms with Gasteiger partial charge in [-0.3, -0.25) is 9.98 Å². The van der Waals surface area contributed by atoms with E-state index >= 15 is 0 Å². The van der Waals surface area contributed by atoms with Gasteiger partial charge in [0.25, 0.3) is 0 Å². The molecule has 1 aromatic rings. The Balaban J connectivity index is 2.23. The summed E-state index contributed by atoms with van der Waals surface area (Å²) in [6, 6.07) is 5.61. The van der Waals surface area contributed by atoms with Gasteiger partial charge in [0.05, 0.1) is 6.42 Å². The predicted octanol–water partition coefficient (Wildman–Crippen LogP) is 1.74. The number of rotatable bonds is 5. The molecule has 0 aliphatic rings. The van der Waals surface area contributed by atoms with E-state index in [0.29, 0.717) is 18.9 Å². The van der Waals surface area contributed by atoms with Crippen molar-refractivity contribution in [1.29, 1.82) is 0 Å². The van der Waals surface area contributed by atoms with Crippen molar-refractivity contribution in [1.82, 2.24) is 15.6 Å². The van der Waals surface area contributed by atoms with Gasteiger partial charge < -0.3 is 10.6 Å². The summed E-state index contributed by atoms with van der Waals surface area (Å²) in [5.41, 5.74) is 0.917. The third-order valence-electron chi connectivity index (χ3n) is 2.32. The maximum Gasteiger partial charge on any atom is 0.390 e. The van der Waals surface area contributed by atoms with Crippen molar-refractivity contribution in [3.05, 3.63) is 30.1 Å². The third kappa shape index (κ3) is 7.28. The fourth-order valence-electron chi connectivity index (χ4n) is 1.40.